The zero-order valence-electron chi connectivity index (χ0n) is 29.5. The molecule has 0 fully saturated rings. The van der Waals surface area contributed by atoms with E-state index in [1.807, 2.05) is 42.5 Å². The average Bonchev–Trinajstić information content (AvgIpc) is 3.22. The number of carboxylic acids is 4. The Morgan fingerprint density at radius 2 is 0.807 bits per heavy atom. The molecule has 8 nitrogen and oxygen atoms in total. The van der Waals surface area contributed by atoms with Crippen LogP contribution in [0.3, 0.4) is 0 Å². The van der Waals surface area contributed by atoms with Crippen LogP contribution in [0.5, 0.6) is 0 Å². The SMILES string of the molecule is O=C(O)c1ccc(-c2cccc(C3=C(Br)C(Br)C(c4cc(-c5ccc(C(=O)O)cc5)cc(-c5ccc(C(=O)O)cc5)c4)=CC3(Br)c3ccc(C(=O)O)cc3)c2)cc1. The maximum atomic E-state index is 11.9. The maximum absolute atomic E-state index is 11.9. The first-order valence-electron chi connectivity index (χ1n) is 17.3. The molecule has 0 heterocycles. The Balaban J connectivity index is 1.42. The molecule has 1 aliphatic carbocycles. The number of benzene rings is 6. The number of aromatic carboxylic acids is 4. The third kappa shape index (κ3) is 7.91. The molecule has 0 bridgehead atoms. The van der Waals surface area contributed by atoms with Gasteiger partial charge >= 0.3 is 23.9 Å². The predicted molar refractivity (Wildman–Crippen MR) is 231 cm³/mol. The quantitative estimate of drug-likeness (QED) is 0.0992. The van der Waals surface area contributed by atoms with Crippen LogP contribution in [-0.4, -0.2) is 49.1 Å². The van der Waals surface area contributed by atoms with Gasteiger partial charge in [-0.3, -0.25) is 0 Å². The van der Waals surface area contributed by atoms with E-state index < -0.39 is 33.0 Å². The molecule has 6 aromatic carbocycles. The highest BCUT2D eigenvalue weighted by molar-refractivity contribution is 9.14. The first kappa shape index (κ1) is 39.4. The summed E-state index contributed by atoms with van der Waals surface area (Å²) in [5.74, 6) is -4.15. The van der Waals surface area contributed by atoms with Gasteiger partial charge in [-0.25, -0.2) is 19.2 Å². The van der Waals surface area contributed by atoms with Gasteiger partial charge in [-0.2, -0.15) is 0 Å². The van der Waals surface area contributed by atoms with Crippen molar-refractivity contribution >= 4 is 82.8 Å². The van der Waals surface area contributed by atoms with Crippen LogP contribution in [0.2, 0.25) is 0 Å². The summed E-state index contributed by atoms with van der Waals surface area (Å²) in [4.78, 5) is 46.3. The lowest BCUT2D eigenvalue weighted by Crippen LogP contribution is -2.26. The van der Waals surface area contributed by atoms with Crippen LogP contribution in [0.1, 0.15) is 58.1 Å². The number of carboxylic acid groups (broad SMARTS) is 4. The van der Waals surface area contributed by atoms with Crippen molar-refractivity contribution in [1.29, 1.82) is 0 Å². The van der Waals surface area contributed by atoms with Crippen molar-refractivity contribution in [2.24, 2.45) is 0 Å². The van der Waals surface area contributed by atoms with Crippen LogP contribution in [0.15, 0.2) is 150 Å². The van der Waals surface area contributed by atoms with Crippen molar-refractivity contribution in [3.63, 3.8) is 0 Å². The van der Waals surface area contributed by atoms with E-state index in [2.05, 4.69) is 53.9 Å². The molecule has 2 atom stereocenters. The minimum atomic E-state index is -1.05. The Labute approximate surface area is 351 Å². The Hall–Kier alpha value is -5.88. The van der Waals surface area contributed by atoms with Crippen LogP contribution in [0.4, 0.5) is 0 Å². The summed E-state index contributed by atoms with van der Waals surface area (Å²) in [7, 11) is 0. The van der Waals surface area contributed by atoms with Crippen molar-refractivity contribution < 1.29 is 39.6 Å². The highest BCUT2D eigenvalue weighted by atomic mass is 79.9. The second-order valence-electron chi connectivity index (χ2n) is 13.3. The molecule has 2 unspecified atom stereocenters. The Bertz CT molecular complexity index is 2570. The van der Waals surface area contributed by atoms with Gasteiger partial charge in [-0.15, -0.1) is 0 Å². The number of hydrogen-bond donors (Lipinski definition) is 4. The molecule has 6 aromatic rings. The van der Waals surface area contributed by atoms with Crippen molar-refractivity contribution in [3.8, 4) is 33.4 Å². The second-order valence-corrected chi connectivity index (χ2v) is 16.3. The smallest absolute Gasteiger partial charge is 0.335 e. The molecule has 0 amide bonds. The standard InChI is InChI=1S/C46H29Br3O8/c47-40-38(36-22-34(26-6-12-29(13-7-26)43(52)53)21-35(23-36)27-8-14-30(15-9-27)44(54)55)24-46(49,37-18-16-31(17-19-37)45(56)57)39(41(40)48)33-3-1-2-32(20-33)25-4-10-28(11-5-25)42(50)51/h1-24,40H,(H,50,51)(H,52,53)(H,54,55)(H,56,57). The number of halogens is 3. The Morgan fingerprint density at radius 3 is 1.23 bits per heavy atom. The predicted octanol–water partition coefficient (Wildman–Crippen LogP) is 11.7. The maximum Gasteiger partial charge on any atom is 0.335 e. The van der Waals surface area contributed by atoms with Gasteiger partial charge in [-0.1, -0.05) is 121 Å². The summed E-state index contributed by atoms with van der Waals surface area (Å²) in [6.07, 6.45) is 2.08. The summed E-state index contributed by atoms with van der Waals surface area (Å²) in [5, 5.41) is 38.2. The highest BCUT2D eigenvalue weighted by Gasteiger charge is 2.41. The van der Waals surface area contributed by atoms with Crippen LogP contribution < -0.4 is 0 Å². The van der Waals surface area contributed by atoms with Gasteiger partial charge in [0.15, 0.2) is 0 Å². The van der Waals surface area contributed by atoms with E-state index >= 15 is 0 Å². The lowest BCUT2D eigenvalue weighted by atomic mass is 9.78. The largest absolute Gasteiger partial charge is 0.478 e. The van der Waals surface area contributed by atoms with Crippen LogP contribution in [0, 0.1) is 0 Å². The molecule has 0 spiro atoms. The summed E-state index contributed by atoms with van der Waals surface area (Å²) < 4.78 is -0.252. The Kier molecular flexibility index (Phi) is 11.0. The topological polar surface area (TPSA) is 149 Å². The van der Waals surface area contributed by atoms with Gasteiger partial charge in [0.05, 0.1) is 31.4 Å². The van der Waals surface area contributed by atoms with E-state index in [1.54, 1.807) is 97.1 Å². The molecule has 282 valence electrons. The third-order valence-electron chi connectivity index (χ3n) is 9.82. The van der Waals surface area contributed by atoms with Gasteiger partial charge in [0.2, 0.25) is 0 Å². The zero-order chi connectivity index (χ0) is 40.6. The molecule has 57 heavy (non-hydrogen) atoms. The minimum Gasteiger partial charge on any atom is -0.478 e. The summed E-state index contributed by atoms with van der Waals surface area (Å²) in [6.45, 7) is 0. The molecule has 4 N–H and O–H groups in total. The van der Waals surface area contributed by atoms with Crippen LogP contribution in [-0.2, 0) is 4.32 Å². The highest BCUT2D eigenvalue weighted by Crippen LogP contribution is 2.56. The van der Waals surface area contributed by atoms with Crippen molar-refractivity contribution in [3.05, 3.63) is 189 Å². The molecule has 0 radical (unpaired) electrons. The van der Waals surface area contributed by atoms with Gasteiger partial charge < -0.3 is 20.4 Å². The fraction of sp³-hybridized carbons (Fsp3) is 0.0435. The fourth-order valence-corrected chi connectivity index (χ4v) is 9.49. The fourth-order valence-electron chi connectivity index (χ4n) is 6.85. The molecule has 0 aromatic heterocycles. The van der Waals surface area contributed by atoms with Crippen LogP contribution in [0.25, 0.3) is 44.5 Å². The summed E-state index contributed by atoms with van der Waals surface area (Å²) in [5.41, 5.74) is 9.49. The van der Waals surface area contributed by atoms with E-state index in [0.717, 1.165) is 65.7 Å². The lowest BCUT2D eigenvalue weighted by Gasteiger charge is -2.37. The molecule has 0 aliphatic heterocycles. The second kappa shape index (κ2) is 15.9. The number of carbonyl (C=O) groups is 4. The third-order valence-corrected chi connectivity index (χ3v) is 13.3. The molecular formula is C46H29Br3O8. The van der Waals surface area contributed by atoms with Crippen LogP contribution >= 0.6 is 47.8 Å². The summed E-state index contributed by atoms with van der Waals surface area (Å²) >= 11 is 12.1. The van der Waals surface area contributed by atoms with Crippen molar-refractivity contribution in [1.82, 2.24) is 0 Å². The molecule has 11 heteroatoms. The number of alkyl halides is 2. The lowest BCUT2D eigenvalue weighted by molar-refractivity contribution is 0.0686. The average molecular weight is 949 g/mol. The van der Waals surface area contributed by atoms with Gasteiger partial charge in [0.25, 0.3) is 0 Å². The molecule has 7 rings (SSSR count). The first-order valence-corrected chi connectivity index (χ1v) is 19.8. The number of rotatable bonds is 10. The Morgan fingerprint density at radius 1 is 0.456 bits per heavy atom. The van der Waals surface area contributed by atoms with Crippen molar-refractivity contribution in [2.75, 3.05) is 0 Å². The van der Waals surface area contributed by atoms with E-state index in [0.29, 0.717) is 0 Å². The minimum absolute atomic E-state index is 0.129. The van der Waals surface area contributed by atoms with Crippen molar-refractivity contribution in [2.45, 2.75) is 9.15 Å². The number of hydrogen-bond acceptors (Lipinski definition) is 4. The molecule has 1 aliphatic rings. The van der Waals surface area contributed by atoms with Gasteiger partial charge in [-0.05, 0) is 134 Å². The van der Waals surface area contributed by atoms with Gasteiger partial charge in [0.1, 0.15) is 0 Å². The monoisotopic (exact) mass is 946 g/mol. The van der Waals surface area contributed by atoms with E-state index in [-0.39, 0.29) is 22.3 Å². The van der Waals surface area contributed by atoms with Gasteiger partial charge in [0, 0.05) is 4.48 Å². The zero-order valence-corrected chi connectivity index (χ0v) is 34.2. The molecule has 0 saturated carbocycles. The van der Waals surface area contributed by atoms with E-state index in [9.17, 15) is 39.6 Å². The van der Waals surface area contributed by atoms with E-state index in [1.165, 1.54) is 0 Å². The van der Waals surface area contributed by atoms with E-state index in [4.69, 9.17) is 0 Å². The normalized spacial score (nSPS) is 16.5. The summed E-state index contributed by atoms with van der Waals surface area (Å²) in [6, 6.07) is 40.3. The first-order chi connectivity index (χ1) is 27.2. The molecular weight excluding hydrogens is 920 g/mol. The molecule has 0 saturated heterocycles. The number of allylic oxidation sites excluding steroid dienone is 4.